The normalized spacial score (nSPS) is 19.2. The highest BCUT2D eigenvalue weighted by molar-refractivity contribution is 9.18. The smallest absolute Gasteiger partial charge is 0.289 e. The zero-order chi connectivity index (χ0) is 8.97. The molecule has 0 unspecified atom stereocenters. The van der Waals surface area contributed by atoms with Gasteiger partial charge in [-0.15, -0.1) is 0 Å². The third-order valence-corrected chi connectivity index (χ3v) is 3.16. The standard InChI is InChI=1S/C9H16BrNO/c1-11(9(10)12)7-8-5-3-2-4-6-8/h8H,2-7H2,1H3. The number of rotatable bonds is 2. The molecule has 0 atom stereocenters. The molecule has 0 saturated heterocycles. The second-order valence-electron chi connectivity index (χ2n) is 3.64. The molecule has 1 fully saturated rings. The van der Waals surface area contributed by atoms with E-state index in [2.05, 4.69) is 15.9 Å². The van der Waals surface area contributed by atoms with Crippen LogP contribution in [0.15, 0.2) is 0 Å². The fourth-order valence-corrected chi connectivity index (χ4v) is 1.97. The lowest BCUT2D eigenvalue weighted by molar-refractivity contribution is 0.216. The lowest BCUT2D eigenvalue weighted by atomic mass is 9.89. The number of hydrogen-bond acceptors (Lipinski definition) is 1. The van der Waals surface area contributed by atoms with E-state index < -0.39 is 0 Å². The van der Waals surface area contributed by atoms with Crippen molar-refractivity contribution in [3.8, 4) is 0 Å². The van der Waals surface area contributed by atoms with Crippen molar-refractivity contribution in [3.63, 3.8) is 0 Å². The summed E-state index contributed by atoms with van der Waals surface area (Å²) in [7, 11) is 1.85. The fraction of sp³-hybridized carbons (Fsp3) is 0.889. The molecule has 0 aliphatic heterocycles. The van der Waals surface area contributed by atoms with E-state index in [9.17, 15) is 4.79 Å². The Kier molecular flexibility index (Phi) is 4.06. The topological polar surface area (TPSA) is 20.3 Å². The Balaban J connectivity index is 2.24. The van der Waals surface area contributed by atoms with Crippen molar-refractivity contribution in [2.45, 2.75) is 32.1 Å². The highest BCUT2D eigenvalue weighted by atomic mass is 79.9. The summed E-state index contributed by atoms with van der Waals surface area (Å²) < 4.78 is 0. The highest BCUT2D eigenvalue weighted by Gasteiger charge is 2.16. The van der Waals surface area contributed by atoms with Crippen molar-refractivity contribution >= 4 is 20.7 Å². The van der Waals surface area contributed by atoms with Gasteiger partial charge in [0.05, 0.1) is 0 Å². The van der Waals surface area contributed by atoms with E-state index in [-0.39, 0.29) is 4.82 Å². The molecule has 12 heavy (non-hydrogen) atoms. The first-order valence-corrected chi connectivity index (χ1v) is 5.40. The number of carbonyl (C=O) groups excluding carboxylic acids is 1. The Morgan fingerprint density at radius 2 is 2.00 bits per heavy atom. The Morgan fingerprint density at radius 1 is 1.42 bits per heavy atom. The molecule has 3 heteroatoms. The van der Waals surface area contributed by atoms with Crippen LogP contribution in [0.1, 0.15) is 32.1 Å². The van der Waals surface area contributed by atoms with Gasteiger partial charge in [0.2, 0.25) is 0 Å². The molecule has 2 nitrogen and oxygen atoms in total. The van der Waals surface area contributed by atoms with Crippen LogP contribution in [-0.2, 0) is 0 Å². The van der Waals surface area contributed by atoms with Crippen LogP contribution >= 0.6 is 15.9 Å². The maximum Gasteiger partial charge on any atom is 0.289 e. The Bertz CT molecular complexity index is 155. The van der Waals surface area contributed by atoms with Gasteiger partial charge in [0.25, 0.3) is 4.82 Å². The first kappa shape index (κ1) is 10.0. The molecule has 0 aromatic rings. The van der Waals surface area contributed by atoms with Crippen molar-refractivity contribution in [2.24, 2.45) is 5.92 Å². The molecule has 0 spiro atoms. The molecule has 0 aromatic carbocycles. The first-order valence-electron chi connectivity index (χ1n) is 4.60. The van der Waals surface area contributed by atoms with Crippen LogP contribution in [0.25, 0.3) is 0 Å². The van der Waals surface area contributed by atoms with Crippen LogP contribution in [0.4, 0.5) is 4.79 Å². The molecule has 0 radical (unpaired) electrons. The lowest BCUT2D eigenvalue weighted by Gasteiger charge is -2.25. The van der Waals surface area contributed by atoms with Gasteiger partial charge in [-0.05, 0) is 18.8 Å². The number of nitrogens with zero attached hydrogens (tertiary/aromatic N) is 1. The monoisotopic (exact) mass is 233 g/mol. The highest BCUT2D eigenvalue weighted by Crippen LogP contribution is 2.24. The lowest BCUT2D eigenvalue weighted by Crippen LogP contribution is -2.28. The summed E-state index contributed by atoms with van der Waals surface area (Å²) in [5, 5.41) is 0. The predicted octanol–water partition coefficient (Wildman–Crippen LogP) is 3.01. The molecule has 1 aliphatic carbocycles. The molecular formula is C9H16BrNO. The van der Waals surface area contributed by atoms with Crippen LogP contribution in [-0.4, -0.2) is 23.3 Å². The molecule has 0 bridgehead atoms. The summed E-state index contributed by atoms with van der Waals surface area (Å²) in [6.07, 6.45) is 6.65. The fourth-order valence-electron chi connectivity index (χ4n) is 1.83. The Labute approximate surface area is 82.4 Å². The zero-order valence-electron chi connectivity index (χ0n) is 7.55. The minimum atomic E-state index is 0.00748. The van der Waals surface area contributed by atoms with E-state index in [0.717, 1.165) is 12.5 Å². The second kappa shape index (κ2) is 4.85. The Morgan fingerprint density at radius 3 is 2.50 bits per heavy atom. The van der Waals surface area contributed by atoms with Gasteiger partial charge >= 0.3 is 0 Å². The summed E-state index contributed by atoms with van der Waals surface area (Å²) in [5.74, 6) is 0.741. The minimum Gasteiger partial charge on any atom is -0.336 e. The SMILES string of the molecule is CN(CC1CCCCC1)C(=O)Br. The summed E-state index contributed by atoms with van der Waals surface area (Å²) in [6.45, 7) is 0.921. The maximum atomic E-state index is 10.9. The van der Waals surface area contributed by atoms with Crippen LogP contribution in [0.2, 0.25) is 0 Å². The molecule has 0 N–H and O–H groups in total. The van der Waals surface area contributed by atoms with Crippen LogP contribution in [0.5, 0.6) is 0 Å². The number of halogens is 1. The van der Waals surface area contributed by atoms with Crippen molar-refractivity contribution in [1.82, 2.24) is 4.90 Å². The minimum absolute atomic E-state index is 0.00748. The van der Waals surface area contributed by atoms with Crippen molar-refractivity contribution < 1.29 is 4.79 Å². The summed E-state index contributed by atoms with van der Waals surface area (Å²) in [5.41, 5.74) is 0. The van der Waals surface area contributed by atoms with E-state index in [1.54, 1.807) is 4.90 Å². The van der Waals surface area contributed by atoms with Crippen molar-refractivity contribution in [3.05, 3.63) is 0 Å². The van der Waals surface area contributed by atoms with Gasteiger partial charge < -0.3 is 4.90 Å². The molecule has 1 amide bonds. The van der Waals surface area contributed by atoms with Crippen LogP contribution in [0.3, 0.4) is 0 Å². The van der Waals surface area contributed by atoms with E-state index in [1.807, 2.05) is 7.05 Å². The van der Waals surface area contributed by atoms with Crippen molar-refractivity contribution in [2.75, 3.05) is 13.6 Å². The van der Waals surface area contributed by atoms with Crippen LogP contribution < -0.4 is 0 Å². The Hall–Kier alpha value is -0.0500. The number of amides is 1. The number of carbonyl (C=O) groups is 1. The van der Waals surface area contributed by atoms with Crippen LogP contribution in [0, 0.1) is 5.92 Å². The largest absolute Gasteiger partial charge is 0.336 e. The summed E-state index contributed by atoms with van der Waals surface area (Å²) in [6, 6.07) is 0. The molecule has 0 heterocycles. The van der Waals surface area contributed by atoms with E-state index >= 15 is 0 Å². The molecule has 1 rings (SSSR count). The first-order chi connectivity index (χ1) is 5.70. The zero-order valence-corrected chi connectivity index (χ0v) is 9.14. The molecule has 1 saturated carbocycles. The average Bonchev–Trinajstić information content (AvgIpc) is 2.06. The molecule has 70 valence electrons. The van der Waals surface area contributed by atoms with Gasteiger partial charge in [-0.1, -0.05) is 19.3 Å². The quantitative estimate of drug-likeness (QED) is 0.531. The second-order valence-corrected chi connectivity index (χ2v) is 4.32. The third-order valence-electron chi connectivity index (χ3n) is 2.56. The molecule has 0 aromatic heterocycles. The maximum absolute atomic E-state index is 10.9. The van der Waals surface area contributed by atoms with Gasteiger partial charge in [0.15, 0.2) is 0 Å². The average molecular weight is 234 g/mol. The third kappa shape index (κ3) is 3.13. The molecular weight excluding hydrogens is 218 g/mol. The van der Waals surface area contributed by atoms with Gasteiger partial charge in [0.1, 0.15) is 0 Å². The molecule has 1 aliphatic rings. The van der Waals surface area contributed by atoms with Gasteiger partial charge in [-0.3, -0.25) is 4.79 Å². The number of hydrogen-bond donors (Lipinski definition) is 0. The van der Waals surface area contributed by atoms with E-state index in [1.165, 1.54) is 32.1 Å². The summed E-state index contributed by atoms with van der Waals surface area (Å²) >= 11 is 2.95. The van der Waals surface area contributed by atoms with E-state index in [4.69, 9.17) is 0 Å². The summed E-state index contributed by atoms with van der Waals surface area (Å²) in [4.78, 5) is 12.6. The van der Waals surface area contributed by atoms with Gasteiger partial charge in [-0.25, -0.2) is 0 Å². The van der Waals surface area contributed by atoms with Gasteiger partial charge in [-0.2, -0.15) is 0 Å². The van der Waals surface area contributed by atoms with Gasteiger partial charge in [0, 0.05) is 29.5 Å². The van der Waals surface area contributed by atoms with Crippen molar-refractivity contribution in [1.29, 1.82) is 0 Å². The van der Waals surface area contributed by atoms with E-state index in [0.29, 0.717) is 0 Å². The predicted molar refractivity (Wildman–Crippen MR) is 53.5 cm³/mol.